The van der Waals surface area contributed by atoms with Gasteiger partial charge < -0.3 is 5.11 Å². The van der Waals surface area contributed by atoms with Gasteiger partial charge in [0.25, 0.3) is 0 Å². The number of rotatable bonds is 3. The Morgan fingerprint density at radius 1 is 1.06 bits per heavy atom. The highest BCUT2D eigenvalue weighted by Crippen LogP contribution is 2.28. The molecule has 0 aliphatic rings. The van der Waals surface area contributed by atoms with Gasteiger partial charge in [-0.15, -0.1) is 0 Å². The number of fused-ring (bicyclic) bond motifs is 1. The Morgan fingerprint density at radius 2 is 1.67 bits per heavy atom. The summed E-state index contributed by atoms with van der Waals surface area (Å²) >= 11 is 0. The maximum Gasteiger partial charge on any atom is 0.321 e. The molecule has 0 radical (unpaired) electrons. The second kappa shape index (κ2) is 4.26. The van der Waals surface area contributed by atoms with Crippen LogP contribution in [0.15, 0.2) is 42.5 Å². The highest BCUT2D eigenvalue weighted by atomic mass is 16.4. The lowest BCUT2D eigenvalue weighted by Gasteiger charge is -2.22. The second-order valence-electron chi connectivity index (χ2n) is 4.55. The highest BCUT2D eigenvalue weighted by Gasteiger charge is 2.40. The highest BCUT2D eigenvalue weighted by molar-refractivity contribution is 6.08. The third-order valence-electron chi connectivity index (χ3n) is 3.46. The van der Waals surface area contributed by atoms with Gasteiger partial charge in [0.1, 0.15) is 5.41 Å². The van der Waals surface area contributed by atoms with Crippen LogP contribution in [0, 0.1) is 0 Å². The van der Waals surface area contributed by atoms with Gasteiger partial charge in [0.2, 0.25) is 0 Å². The van der Waals surface area contributed by atoms with Gasteiger partial charge in [0.05, 0.1) is 0 Å². The van der Waals surface area contributed by atoms with Crippen molar-refractivity contribution in [2.24, 2.45) is 0 Å². The van der Waals surface area contributed by atoms with E-state index in [9.17, 15) is 14.7 Å². The molecule has 1 unspecified atom stereocenters. The van der Waals surface area contributed by atoms with Crippen molar-refractivity contribution < 1.29 is 14.7 Å². The number of ketones is 1. The molecule has 1 N–H and O–H groups in total. The molecule has 3 nitrogen and oxygen atoms in total. The third kappa shape index (κ3) is 1.78. The van der Waals surface area contributed by atoms with E-state index in [1.165, 1.54) is 13.8 Å². The van der Waals surface area contributed by atoms with Crippen molar-refractivity contribution in [1.29, 1.82) is 0 Å². The molecule has 2 rings (SSSR count). The topological polar surface area (TPSA) is 54.4 Å². The summed E-state index contributed by atoms with van der Waals surface area (Å²) < 4.78 is 0. The zero-order valence-electron chi connectivity index (χ0n) is 10.3. The van der Waals surface area contributed by atoms with Crippen LogP contribution in [0.5, 0.6) is 0 Å². The summed E-state index contributed by atoms with van der Waals surface area (Å²) in [4.78, 5) is 23.0. The molecular formula is C15H14O3. The number of carbonyl (C=O) groups excluding carboxylic acids is 1. The molecule has 0 saturated carbocycles. The van der Waals surface area contributed by atoms with Crippen LogP contribution >= 0.6 is 0 Å². The van der Waals surface area contributed by atoms with Gasteiger partial charge in [0, 0.05) is 0 Å². The average molecular weight is 242 g/mol. The molecular weight excluding hydrogens is 228 g/mol. The van der Waals surface area contributed by atoms with Gasteiger partial charge in [-0.25, -0.2) is 0 Å². The number of carboxylic acid groups (broad SMARTS) is 1. The Hall–Kier alpha value is -2.16. The zero-order chi connectivity index (χ0) is 13.3. The first-order chi connectivity index (χ1) is 8.46. The summed E-state index contributed by atoms with van der Waals surface area (Å²) in [5, 5.41) is 11.3. The molecule has 0 fully saturated rings. The summed E-state index contributed by atoms with van der Waals surface area (Å²) in [5.41, 5.74) is -0.967. The molecule has 18 heavy (non-hydrogen) atoms. The predicted molar refractivity (Wildman–Crippen MR) is 69.6 cm³/mol. The lowest BCUT2D eigenvalue weighted by atomic mass is 9.78. The Bertz CT molecular complexity index is 614. The van der Waals surface area contributed by atoms with E-state index in [1.807, 2.05) is 30.3 Å². The third-order valence-corrected chi connectivity index (χ3v) is 3.46. The van der Waals surface area contributed by atoms with Crippen molar-refractivity contribution in [2.75, 3.05) is 0 Å². The molecule has 1 atom stereocenters. The van der Waals surface area contributed by atoms with Gasteiger partial charge in [-0.1, -0.05) is 36.4 Å². The number of hydrogen-bond donors (Lipinski definition) is 1. The van der Waals surface area contributed by atoms with E-state index in [1.54, 1.807) is 12.1 Å². The summed E-state index contributed by atoms with van der Waals surface area (Å²) in [6.45, 7) is 2.76. The number of benzene rings is 2. The average Bonchev–Trinajstić information content (AvgIpc) is 2.36. The van der Waals surface area contributed by atoms with E-state index >= 15 is 0 Å². The van der Waals surface area contributed by atoms with E-state index in [0.717, 1.165) is 10.8 Å². The predicted octanol–water partition coefficient (Wildman–Crippen LogP) is 2.77. The fraction of sp³-hybridized carbons (Fsp3) is 0.200. The minimum absolute atomic E-state index is 0.370. The summed E-state index contributed by atoms with van der Waals surface area (Å²) in [7, 11) is 0. The minimum Gasteiger partial charge on any atom is -0.480 e. The number of Topliss-reactive ketones (excluding diaryl/α,β-unsaturated/α-hetero) is 1. The molecule has 0 saturated heterocycles. The van der Waals surface area contributed by atoms with Gasteiger partial charge in [-0.2, -0.15) is 0 Å². The monoisotopic (exact) mass is 242 g/mol. The molecule has 0 aliphatic heterocycles. The maximum absolute atomic E-state index is 11.7. The largest absolute Gasteiger partial charge is 0.480 e. The van der Waals surface area contributed by atoms with E-state index in [0.29, 0.717) is 5.56 Å². The molecule has 3 heteroatoms. The zero-order valence-corrected chi connectivity index (χ0v) is 10.3. The van der Waals surface area contributed by atoms with Gasteiger partial charge in [-0.3, -0.25) is 9.59 Å². The summed E-state index contributed by atoms with van der Waals surface area (Å²) in [6, 6.07) is 13.0. The van der Waals surface area contributed by atoms with E-state index < -0.39 is 11.4 Å². The SMILES string of the molecule is CC(=O)C(C)(C(=O)O)c1ccc2ccccc2c1. The molecule has 2 aromatic rings. The lowest BCUT2D eigenvalue weighted by Crippen LogP contribution is -2.39. The van der Waals surface area contributed by atoms with Crippen molar-refractivity contribution in [3.63, 3.8) is 0 Å². The maximum atomic E-state index is 11.7. The van der Waals surface area contributed by atoms with E-state index in [2.05, 4.69) is 0 Å². The molecule has 0 spiro atoms. The van der Waals surface area contributed by atoms with Crippen molar-refractivity contribution in [2.45, 2.75) is 19.3 Å². The smallest absolute Gasteiger partial charge is 0.321 e. The lowest BCUT2D eigenvalue weighted by molar-refractivity contribution is -0.147. The molecule has 0 heterocycles. The van der Waals surface area contributed by atoms with Crippen LogP contribution in [-0.2, 0) is 15.0 Å². The van der Waals surface area contributed by atoms with Crippen LogP contribution in [0.3, 0.4) is 0 Å². The van der Waals surface area contributed by atoms with Gasteiger partial charge >= 0.3 is 5.97 Å². The molecule has 2 aromatic carbocycles. The van der Waals surface area contributed by atoms with Crippen molar-refractivity contribution >= 4 is 22.5 Å². The first-order valence-electron chi connectivity index (χ1n) is 5.70. The molecule has 0 aliphatic carbocycles. The Kier molecular flexibility index (Phi) is 2.91. The van der Waals surface area contributed by atoms with Crippen LogP contribution in [0.1, 0.15) is 19.4 Å². The normalized spacial score (nSPS) is 14.1. The fourth-order valence-corrected chi connectivity index (χ4v) is 1.98. The number of carbonyl (C=O) groups is 2. The summed E-state index contributed by atoms with van der Waals surface area (Å²) in [5.74, 6) is -1.49. The quantitative estimate of drug-likeness (QED) is 0.842. The van der Waals surface area contributed by atoms with E-state index in [4.69, 9.17) is 0 Å². The number of aliphatic carboxylic acids is 1. The van der Waals surface area contributed by atoms with E-state index in [-0.39, 0.29) is 5.78 Å². The van der Waals surface area contributed by atoms with Crippen LogP contribution in [0.25, 0.3) is 10.8 Å². The molecule has 92 valence electrons. The fourth-order valence-electron chi connectivity index (χ4n) is 1.98. The second-order valence-corrected chi connectivity index (χ2v) is 4.55. The molecule has 0 aromatic heterocycles. The standard InChI is InChI=1S/C15H14O3/c1-10(16)15(2,14(17)18)13-8-7-11-5-3-4-6-12(11)9-13/h3-9H,1-2H3,(H,17,18). The van der Waals surface area contributed by atoms with Crippen LogP contribution in [0.4, 0.5) is 0 Å². The first-order valence-corrected chi connectivity index (χ1v) is 5.70. The van der Waals surface area contributed by atoms with Crippen LogP contribution in [0.2, 0.25) is 0 Å². The Balaban J connectivity index is 2.66. The van der Waals surface area contributed by atoms with Crippen LogP contribution < -0.4 is 0 Å². The first kappa shape index (κ1) is 12.3. The number of carboxylic acids is 1. The Morgan fingerprint density at radius 3 is 2.22 bits per heavy atom. The van der Waals surface area contributed by atoms with Crippen molar-refractivity contribution in [3.8, 4) is 0 Å². The van der Waals surface area contributed by atoms with Crippen LogP contribution in [-0.4, -0.2) is 16.9 Å². The van der Waals surface area contributed by atoms with Gasteiger partial charge in [0.15, 0.2) is 5.78 Å². The summed E-state index contributed by atoms with van der Waals surface area (Å²) in [6.07, 6.45) is 0. The van der Waals surface area contributed by atoms with Crippen molar-refractivity contribution in [1.82, 2.24) is 0 Å². The number of hydrogen-bond acceptors (Lipinski definition) is 2. The minimum atomic E-state index is -1.48. The van der Waals surface area contributed by atoms with Gasteiger partial charge in [-0.05, 0) is 36.2 Å². The molecule has 0 amide bonds. The van der Waals surface area contributed by atoms with Crippen molar-refractivity contribution in [3.05, 3.63) is 48.0 Å². The Labute approximate surface area is 105 Å². The molecule has 0 bridgehead atoms.